The van der Waals surface area contributed by atoms with Gasteiger partial charge in [-0.1, -0.05) is 30.3 Å². The van der Waals surface area contributed by atoms with Crippen molar-refractivity contribution in [1.29, 1.82) is 0 Å². The number of nitrogens with zero attached hydrogens (tertiary/aromatic N) is 1. The van der Waals surface area contributed by atoms with Crippen LogP contribution in [0.5, 0.6) is 0 Å². The molecule has 1 aromatic rings. The topological polar surface area (TPSA) is 99.2 Å². The van der Waals surface area contributed by atoms with Gasteiger partial charge in [0.1, 0.15) is 12.2 Å². The highest BCUT2D eigenvalue weighted by Gasteiger charge is 2.45. The number of benzene rings is 1. The monoisotopic (exact) mass is 371 g/mol. The molecule has 0 aromatic heterocycles. The van der Waals surface area contributed by atoms with E-state index in [1.54, 1.807) is 45.0 Å². The molecule has 1 fully saturated rings. The van der Waals surface area contributed by atoms with Gasteiger partial charge in [-0.15, -0.1) is 0 Å². The minimum atomic E-state index is -4.41. The lowest BCUT2D eigenvalue weighted by molar-refractivity contribution is -0.150. The first-order valence-electron chi connectivity index (χ1n) is 7.72. The van der Waals surface area contributed by atoms with Crippen molar-refractivity contribution in [3.63, 3.8) is 0 Å². The Labute approximate surface area is 146 Å². The van der Waals surface area contributed by atoms with Gasteiger partial charge >= 0.3 is 22.4 Å². The Balaban J connectivity index is 2.14. The van der Waals surface area contributed by atoms with Crippen LogP contribution in [0.15, 0.2) is 30.3 Å². The molecule has 25 heavy (non-hydrogen) atoms. The summed E-state index contributed by atoms with van der Waals surface area (Å²) in [4.78, 5) is 24.6. The second-order valence-corrected chi connectivity index (χ2v) is 7.94. The smallest absolute Gasteiger partial charge is 0.426 e. The van der Waals surface area contributed by atoms with E-state index >= 15 is 0 Å². The molecule has 1 amide bonds. The van der Waals surface area contributed by atoms with Crippen molar-refractivity contribution < 1.29 is 31.7 Å². The van der Waals surface area contributed by atoms with Crippen LogP contribution in [0.2, 0.25) is 0 Å². The minimum absolute atomic E-state index is 0.00784. The van der Waals surface area contributed by atoms with E-state index in [0.717, 1.165) is 5.56 Å². The van der Waals surface area contributed by atoms with Crippen LogP contribution in [-0.4, -0.2) is 43.0 Å². The highest BCUT2D eigenvalue weighted by atomic mass is 32.2. The fourth-order valence-corrected chi connectivity index (χ4v) is 3.30. The lowest BCUT2D eigenvalue weighted by atomic mass is 10.2. The van der Waals surface area contributed by atoms with Gasteiger partial charge in [-0.3, -0.25) is 4.18 Å². The molecule has 1 saturated heterocycles. The van der Waals surface area contributed by atoms with Crippen LogP contribution in [0.4, 0.5) is 4.79 Å². The molecule has 1 atom stereocenters. The Bertz CT molecular complexity index is 725. The highest BCUT2D eigenvalue weighted by molar-refractivity contribution is 7.85. The van der Waals surface area contributed by atoms with Crippen LogP contribution >= 0.6 is 0 Å². The minimum Gasteiger partial charge on any atom is -0.459 e. The number of carbonyl (C=O) groups excluding carboxylic acids is 2. The maximum Gasteiger partial charge on any atom is 0.426 e. The van der Waals surface area contributed by atoms with E-state index in [2.05, 4.69) is 4.18 Å². The summed E-state index contributed by atoms with van der Waals surface area (Å²) in [6.07, 6.45) is -1.18. The largest absolute Gasteiger partial charge is 0.459 e. The zero-order valence-electron chi connectivity index (χ0n) is 14.3. The third kappa shape index (κ3) is 5.17. The predicted octanol–water partition coefficient (Wildman–Crippen LogP) is 2.00. The molecule has 0 spiro atoms. The number of carbonyl (C=O) groups is 2. The summed E-state index contributed by atoms with van der Waals surface area (Å²) in [6.45, 7) is 4.52. The number of amides is 1. The van der Waals surface area contributed by atoms with Crippen LogP contribution in [0.25, 0.3) is 0 Å². The molecule has 1 aromatic carbocycles. The van der Waals surface area contributed by atoms with Crippen molar-refractivity contribution in [1.82, 2.24) is 4.31 Å². The Kier molecular flexibility index (Phi) is 5.69. The molecule has 0 aliphatic carbocycles. The van der Waals surface area contributed by atoms with Crippen molar-refractivity contribution in [2.24, 2.45) is 0 Å². The molecule has 0 N–H and O–H groups in total. The fraction of sp³-hybridized carbons (Fsp3) is 0.500. The van der Waals surface area contributed by atoms with Crippen molar-refractivity contribution in [2.75, 3.05) is 6.61 Å². The van der Waals surface area contributed by atoms with E-state index in [4.69, 9.17) is 9.47 Å². The van der Waals surface area contributed by atoms with Crippen LogP contribution in [0.1, 0.15) is 32.8 Å². The molecule has 0 radical (unpaired) electrons. The van der Waals surface area contributed by atoms with E-state index in [1.165, 1.54) is 0 Å². The lowest BCUT2D eigenvalue weighted by Crippen LogP contribution is -2.54. The number of hydrogen-bond acceptors (Lipinski definition) is 7. The number of ether oxygens (including phenoxy) is 2. The third-order valence-electron chi connectivity index (χ3n) is 3.22. The summed E-state index contributed by atoms with van der Waals surface area (Å²) in [5.74, 6) is -0.832. The van der Waals surface area contributed by atoms with Gasteiger partial charge in [0.15, 0.2) is 6.04 Å². The molecular weight excluding hydrogens is 350 g/mol. The molecule has 1 heterocycles. The van der Waals surface area contributed by atoms with Crippen LogP contribution in [-0.2, 0) is 35.4 Å². The van der Waals surface area contributed by atoms with Crippen molar-refractivity contribution in [2.45, 2.75) is 45.4 Å². The number of esters is 1. The van der Waals surface area contributed by atoms with Gasteiger partial charge in [0.05, 0.1) is 6.61 Å². The maximum absolute atomic E-state index is 12.3. The van der Waals surface area contributed by atoms with E-state index in [0.29, 0.717) is 4.31 Å². The molecule has 0 unspecified atom stereocenters. The second-order valence-electron chi connectivity index (χ2n) is 6.45. The summed E-state index contributed by atoms with van der Waals surface area (Å²) in [6, 6.07) is 7.60. The van der Waals surface area contributed by atoms with Gasteiger partial charge < -0.3 is 9.47 Å². The quantitative estimate of drug-likeness (QED) is 0.749. The summed E-state index contributed by atoms with van der Waals surface area (Å²) in [7, 11) is -4.41. The first-order valence-corrected chi connectivity index (χ1v) is 9.09. The Morgan fingerprint density at radius 3 is 2.48 bits per heavy atom. The van der Waals surface area contributed by atoms with Crippen LogP contribution < -0.4 is 0 Å². The summed E-state index contributed by atoms with van der Waals surface area (Å²) < 4.78 is 39.4. The van der Waals surface area contributed by atoms with Gasteiger partial charge in [-0.05, 0) is 26.3 Å². The first-order chi connectivity index (χ1) is 11.6. The van der Waals surface area contributed by atoms with E-state index in [9.17, 15) is 18.0 Å². The highest BCUT2D eigenvalue weighted by Crippen LogP contribution is 2.23. The van der Waals surface area contributed by atoms with Crippen LogP contribution in [0, 0.1) is 0 Å². The van der Waals surface area contributed by atoms with Crippen molar-refractivity contribution in [3.05, 3.63) is 35.9 Å². The number of hydrogen-bond donors (Lipinski definition) is 0. The molecule has 2 rings (SSSR count). The molecule has 1 aliphatic heterocycles. The normalized spacial score (nSPS) is 20.0. The Morgan fingerprint density at radius 1 is 1.24 bits per heavy atom. The van der Waals surface area contributed by atoms with E-state index in [1.807, 2.05) is 6.07 Å². The number of rotatable bonds is 3. The van der Waals surface area contributed by atoms with Crippen molar-refractivity contribution in [3.8, 4) is 0 Å². The predicted molar refractivity (Wildman–Crippen MR) is 87.6 cm³/mol. The van der Waals surface area contributed by atoms with Gasteiger partial charge in [-0.2, -0.15) is 12.7 Å². The van der Waals surface area contributed by atoms with Crippen molar-refractivity contribution >= 4 is 22.4 Å². The zero-order valence-corrected chi connectivity index (χ0v) is 15.1. The van der Waals surface area contributed by atoms with E-state index < -0.39 is 34.0 Å². The molecule has 138 valence electrons. The Morgan fingerprint density at radius 2 is 1.88 bits per heavy atom. The van der Waals surface area contributed by atoms with Gasteiger partial charge in [0, 0.05) is 6.42 Å². The lowest BCUT2D eigenvalue weighted by Gasteiger charge is -2.33. The first kappa shape index (κ1) is 19.2. The standard InChI is InChI=1S/C16H21NO7S/c1-16(2,3)24-15(19)17-13(9-10-23-25(17,20)21)14(18)22-11-12-7-5-4-6-8-12/h4-8,13H,9-11H2,1-3H3/t13-/m0/s1. The SMILES string of the molecule is CC(C)(C)OC(=O)N1[C@H](C(=O)OCc2ccccc2)CCOS1(=O)=O. The summed E-state index contributed by atoms with van der Waals surface area (Å²) in [5, 5.41) is 0. The molecule has 0 bridgehead atoms. The molecule has 9 heteroatoms. The fourth-order valence-electron chi connectivity index (χ4n) is 2.16. The van der Waals surface area contributed by atoms with Gasteiger partial charge in [-0.25, -0.2) is 9.59 Å². The average Bonchev–Trinajstić information content (AvgIpc) is 2.50. The van der Waals surface area contributed by atoms with Gasteiger partial charge in [0.2, 0.25) is 0 Å². The summed E-state index contributed by atoms with van der Waals surface area (Å²) >= 11 is 0. The average molecular weight is 371 g/mol. The maximum atomic E-state index is 12.3. The molecule has 0 saturated carbocycles. The summed E-state index contributed by atoms with van der Waals surface area (Å²) in [5.41, 5.74) is -0.183. The molecule has 8 nitrogen and oxygen atoms in total. The Hall–Kier alpha value is -2.13. The van der Waals surface area contributed by atoms with Gasteiger partial charge in [0.25, 0.3) is 0 Å². The zero-order chi connectivity index (χ0) is 18.7. The molecule has 1 aliphatic rings. The molecular formula is C16H21NO7S. The third-order valence-corrected chi connectivity index (χ3v) is 4.57. The van der Waals surface area contributed by atoms with Crippen LogP contribution in [0.3, 0.4) is 0 Å². The second kappa shape index (κ2) is 7.40. The van der Waals surface area contributed by atoms with E-state index in [-0.39, 0.29) is 19.6 Å².